The van der Waals surface area contributed by atoms with E-state index >= 15 is 0 Å². The van der Waals surface area contributed by atoms with Crippen molar-refractivity contribution in [2.75, 3.05) is 39.6 Å². The fraction of sp³-hybridized carbons (Fsp3) is 0.881. The SMILES string of the molecule is CCCCCC/C=C\C=C/CCCCCCCC(=O)O[C@H](COC(=O)CCCCCCCCCCCCCCC(C)C)COP(=O)(O)OC[C@@H](O)COP(=O)(O)OC[C@@H](COC(=O)CCCCCCC)OC(=O)CCCCCCCCCCC(C)C. The van der Waals surface area contributed by atoms with Crippen LogP contribution < -0.4 is 0 Å². The fourth-order valence-corrected chi connectivity index (χ4v) is 11.1. The number of hydrogen-bond donors (Lipinski definition) is 3. The predicted molar refractivity (Wildman–Crippen MR) is 344 cm³/mol. The van der Waals surface area contributed by atoms with Crippen LogP contribution in [0.4, 0.5) is 0 Å². The Kier molecular flexibility index (Phi) is 57.2. The molecule has 0 aromatic heterocycles. The van der Waals surface area contributed by atoms with Gasteiger partial charge < -0.3 is 33.8 Å². The van der Waals surface area contributed by atoms with Crippen molar-refractivity contribution in [1.82, 2.24) is 0 Å². The number of carbonyl (C=O) groups is 4. The minimum atomic E-state index is -4.96. The highest BCUT2D eigenvalue weighted by Crippen LogP contribution is 2.45. The van der Waals surface area contributed by atoms with Crippen molar-refractivity contribution < 1.29 is 80.2 Å². The van der Waals surface area contributed by atoms with E-state index in [4.69, 9.17) is 37.0 Å². The molecule has 0 saturated heterocycles. The molecule has 0 aliphatic heterocycles. The first-order valence-corrected chi connectivity index (χ1v) is 37.3. The van der Waals surface area contributed by atoms with Gasteiger partial charge >= 0.3 is 39.5 Å². The molecule has 0 amide bonds. The number of ether oxygens (including phenoxy) is 4. The van der Waals surface area contributed by atoms with Crippen molar-refractivity contribution in [3.63, 3.8) is 0 Å². The van der Waals surface area contributed by atoms with Crippen molar-refractivity contribution in [2.45, 2.75) is 330 Å². The molecule has 0 aromatic rings. The largest absolute Gasteiger partial charge is 0.472 e. The summed E-state index contributed by atoms with van der Waals surface area (Å²) in [6.07, 6.45) is 45.7. The number of unbranched alkanes of at least 4 members (excludes halogenated alkanes) is 31. The van der Waals surface area contributed by atoms with Crippen LogP contribution in [0.25, 0.3) is 0 Å². The molecule has 17 nitrogen and oxygen atoms in total. The summed E-state index contributed by atoms with van der Waals surface area (Å²) in [5.41, 5.74) is 0. The standard InChI is InChI=1S/C67H126O17P2/c1-7-9-11-13-14-15-16-17-18-19-24-27-33-39-45-51-66(71)84-63(56-78-65(70)50-44-38-32-26-23-21-20-22-25-30-36-41-47-59(3)4)58-82-86(75,76)80-54-61(68)53-79-85(73,74)81-57-62(55-77-64(69)49-43-35-12-10-8-2)83-67(72)52-46-40-34-29-28-31-37-42-48-60(5)6/h15-18,59-63,68H,7-14,19-58H2,1-6H3,(H,73,74)(H,75,76)/b16-15-,18-17-/t61-,62+,63+/m0/s1. The average Bonchev–Trinajstić information content (AvgIpc) is 3.63. The molecule has 0 heterocycles. The molecule has 3 N–H and O–H groups in total. The molecule has 2 unspecified atom stereocenters. The van der Waals surface area contributed by atoms with Crippen LogP contribution in [0.3, 0.4) is 0 Å². The van der Waals surface area contributed by atoms with E-state index in [1.54, 1.807) is 0 Å². The third kappa shape index (κ3) is 60.5. The molecular formula is C67H126O17P2. The van der Waals surface area contributed by atoms with E-state index in [0.717, 1.165) is 121 Å². The van der Waals surface area contributed by atoms with E-state index in [2.05, 4.69) is 65.8 Å². The van der Waals surface area contributed by atoms with Gasteiger partial charge in [-0.15, -0.1) is 0 Å². The molecule has 0 saturated carbocycles. The molecule has 0 rings (SSSR count). The molecule has 0 spiro atoms. The topological polar surface area (TPSA) is 237 Å². The van der Waals surface area contributed by atoms with Crippen molar-refractivity contribution in [1.29, 1.82) is 0 Å². The van der Waals surface area contributed by atoms with Crippen LogP contribution in [-0.4, -0.2) is 96.7 Å². The maximum absolute atomic E-state index is 13.0. The number of phosphoric acid groups is 2. The zero-order chi connectivity index (χ0) is 63.6. The molecule has 5 atom stereocenters. The normalized spacial score (nSPS) is 14.4. The maximum atomic E-state index is 13.0. The van der Waals surface area contributed by atoms with Crippen molar-refractivity contribution in [3.05, 3.63) is 24.3 Å². The summed E-state index contributed by atoms with van der Waals surface area (Å²) < 4.78 is 67.9. The van der Waals surface area contributed by atoms with Crippen molar-refractivity contribution in [2.24, 2.45) is 11.8 Å². The van der Waals surface area contributed by atoms with E-state index in [0.29, 0.717) is 25.7 Å². The monoisotopic (exact) mass is 1260 g/mol. The number of phosphoric ester groups is 2. The molecule has 0 bridgehead atoms. The summed E-state index contributed by atoms with van der Waals surface area (Å²) in [6.45, 7) is 9.33. The number of aliphatic hydroxyl groups is 1. The summed E-state index contributed by atoms with van der Waals surface area (Å²) in [5.74, 6) is -0.675. The quantitative estimate of drug-likeness (QED) is 0.0169. The summed E-state index contributed by atoms with van der Waals surface area (Å²) >= 11 is 0. The Hall–Kier alpha value is -2.46. The number of rotatable bonds is 64. The molecule has 506 valence electrons. The predicted octanol–water partition coefficient (Wildman–Crippen LogP) is 18.4. The van der Waals surface area contributed by atoms with Gasteiger partial charge in [-0.25, -0.2) is 9.13 Å². The Labute approximate surface area is 522 Å². The van der Waals surface area contributed by atoms with E-state index in [9.17, 15) is 43.2 Å². The lowest BCUT2D eigenvalue weighted by Gasteiger charge is -2.21. The smallest absolute Gasteiger partial charge is 0.462 e. The van der Waals surface area contributed by atoms with Gasteiger partial charge in [0.25, 0.3) is 0 Å². The Bertz CT molecular complexity index is 1780. The van der Waals surface area contributed by atoms with Crippen molar-refractivity contribution in [3.8, 4) is 0 Å². The zero-order valence-corrected chi connectivity index (χ0v) is 56.9. The highest BCUT2D eigenvalue weighted by Gasteiger charge is 2.30. The van der Waals surface area contributed by atoms with Gasteiger partial charge in [0.05, 0.1) is 26.4 Å². The number of esters is 4. The number of hydrogen-bond acceptors (Lipinski definition) is 15. The molecule has 19 heteroatoms. The summed E-state index contributed by atoms with van der Waals surface area (Å²) in [4.78, 5) is 72.1. The van der Waals surface area contributed by atoms with Gasteiger partial charge in [0.15, 0.2) is 12.2 Å². The zero-order valence-electron chi connectivity index (χ0n) is 55.1. The second kappa shape index (κ2) is 58.9. The first-order chi connectivity index (χ1) is 41.4. The second-order valence-corrected chi connectivity index (χ2v) is 27.4. The van der Waals surface area contributed by atoms with Gasteiger partial charge in [-0.1, -0.05) is 258 Å². The van der Waals surface area contributed by atoms with Crippen LogP contribution in [0, 0.1) is 11.8 Å². The Morgan fingerprint density at radius 3 is 0.953 bits per heavy atom. The first kappa shape index (κ1) is 83.5. The van der Waals surface area contributed by atoms with E-state index < -0.39 is 97.5 Å². The molecule has 86 heavy (non-hydrogen) atoms. The van der Waals surface area contributed by atoms with E-state index in [1.165, 1.54) is 109 Å². The van der Waals surface area contributed by atoms with E-state index in [-0.39, 0.29) is 25.7 Å². The van der Waals surface area contributed by atoms with E-state index in [1.807, 2.05) is 0 Å². The van der Waals surface area contributed by atoms with Crippen LogP contribution in [0.2, 0.25) is 0 Å². The third-order valence-electron chi connectivity index (χ3n) is 14.8. The van der Waals surface area contributed by atoms with Gasteiger partial charge in [0.2, 0.25) is 0 Å². The highest BCUT2D eigenvalue weighted by atomic mass is 31.2. The summed E-state index contributed by atoms with van der Waals surface area (Å²) in [7, 11) is -9.90. The van der Waals surface area contributed by atoms with Crippen LogP contribution >= 0.6 is 15.6 Å². The molecule has 0 fully saturated rings. The van der Waals surface area contributed by atoms with Gasteiger partial charge in [-0.2, -0.15) is 0 Å². The lowest BCUT2D eigenvalue weighted by atomic mass is 10.0. The lowest BCUT2D eigenvalue weighted by molar-refractivity contribution is -0.161. The molecule has 0 aliphatic rings. The fourth-order valence-electron chi connectivity index (χ4n) is 9.52. The van der Waals surface area contributed by atoms with Gasteiger partial charge in [0, 0.05) is 25.7 Å². The van der Waals surface area contributed by atoms with Crippen LogP contribution in [-0.2, 0) is 65.4 Å². The van der Waals surface area contributed by atoms with Gasteiger partial charge in [-0.05, 0) is 63.2 Å². The van der Waals surface area contributed by atoms with Crippen LogP contribution in [0.15, 0.2) is 24.3 Å². The second-order valence-electron chi connectivity index (χ2n) is 24.5. The minimum Gasteiger partial charge on any atom is -0.462 e. The Balaban J connectivity index is 5.21. The summed E-state index contributed by atoms with van der Waals surface area (Å²) in [5, 5.41) is 10.5. The average molecular weight is 1270 g/mol. The Morgan fingerprint density at radius 2 is 0.628 bits per heavy atom. The first-order valence-electron chi connectivity index (χ1n) is 34.3. The van der Waals surface area contributed by atoms with Crippen LogP contribution in [0.5, 0.6) is 0 Å². The maximum Gasteiger partial charge on any atom is 0.472 e. The molecule has 0 radical (unpaired) electrons. The Morgan fingerprint density at radius 1 is 0.360 bits per heavy atom. The third-order valence-corrected chi connectivity index (χ3v) is 16.7. The lowest BCUT2D eigenvalue weighted by Crippen LogP contribution is -2.30. The van der Waals surface area contributed by atoms with Gasteiger partial charge in [0.1, 0.15) is 19.3 Å². The van der Waals surface area contributed by atoms with Crippen LogP contribution in [0.1, 0.15) is 311 Å². The van der Waals surface area contributed by atoms with Crippen molar-refractivity contribution >= 4 is 39.5 Å². The molecule has 0 aromatic carbocycles. The minimum absolute atomic E-state index is 0.0847. The number of carbonyl (C=O) groups excluding carboxylic acids is 4. The number of aliphatic hydroxyl groups excluding tert-OH is 1. The van der Waals surface area contributed by atoms with Gasteiger partial charge in [-0.3, -0.25) is 37.3 Å². The molecule has 0 aliphatic carbocycles. The number of allylic oxidation sites excluding steroid dienone is 4. The molecular weight excluding hydrogens is 1140 g/mol. The summed E-state index contributed by atoms with van der Waals surface area (Å²) in [6, 6.07) is 0. The highest BCUT2D eigenvalue weighted by molar-refractivity contribution is 7.47.